The van der Waals surface area contributed by atoms with Crippen LogP contribution in [0.15, 0.2) is 133 Å². The molecule has 6 heterocycles. The van der Waals surface area contributed by atoms with E-state index in [9.17, 15) is 0 Å². The lowest BCUT2D eigenvalue weighted by Gasteiger charge is -2.51. The van der Waals surface area contributed by atoms with Gasteiger partial charge in [-0.2, -0.15) is 0 Å². The maximum absolute atomic E-state index is 2.92. The summed E-state index contributed by atoms with van der Waals surface area (Å²) in [6.07, 6.45) is 9.41. The summed E-state index contributed by atoms with van der Waals surface area (Å²) in [7, 11) is 2.46. The second kappa shape index (κ2) is 14.8. The van der Waals surface area contributed by atoms with E-state index in [0.29, 0.717) is 0 Å². The van der Waals surface area contributed by atoms with Gasteiger partial charge in [0.1, 0.15) is 0 Å². The summed E-state index contributed by atoms with van der Waals surface area (Å²) < 4.78 is 2.68. The molecule has 3 unspecified atom stereocenters. The van der Waals surface area contributed by atoms with E-state index in [0.717, 1.165) is 25.7 Å². The first-order valence-electron chi connectivity index (χ1n) is 29.5. The van der Waals surface area contributed by atoms with Gasteiger partial charge >= 0.3 is 0 Å². The number of thiophene rings is 1. The summed E-state index contributed by atoms with van der Waals surface area (Å²) in [6, 6.07) is 54.8. The monoisotopic (exact) mass is 1030 g/mol. The summed E-state index contributed by atoms with van der Waals surface area (Å²) in [5, 5.41) is 2.68. The van der Waals surface area contributed by atoms with Crippen LogP contribution >= 0.6 is 11.3 Å². The Labute approximate surface area is 467 Å². The summed E-state index contributed by atoms with van der Waals surface area (Å²) in [4.78, 5) is 8.52. The predicted molar refractivity (Wildman–Crippen MR) is 335 cm³/mol. The molecular formula is C72H68B2N3S. The summed E-state index contributed by atoms with van der Waals surface area (Å²) in [6.45, 7) is 25.3. The molecule has 1 saturated carbocycles. The van der Waals surface area contributed by atoms with Crippen LogP contribution in [0.4, 0.5) is 45.5 Å². The number of nitrogens with zero attached hydrogens (tertiary/aromatic N) is 3. The van der Waals surface area contributed by atoms with Crippen LogP contribution in [0.2, 0.25) is 0 Å². The van der Waals surface area contributed by atoms with E-state index in [2.05, 4.69) is 225 Å². The maximum atomic E-state index is 2.92. The molecule has 0 N–H and O–H groups in total. The van der Waals surface area contributed by atoms with Crippen LogP contribution in [0.25, 0.3) is 31.3 Å². The number of hydrogen-bond donors (Lipinski definition) is 0. The zero-order valence-corrected chi connectivity index (χ0v) is 48.1. The zero-order chi connectivity index (χ0) is 52.9. The molecule has 78 heavy (non-hydrogen) atoms. The first kappa shape index (κ1) is 46.4. The third-order valence-corrected chi connectivity index (χ3v) is 23.7. The van der Waals surface area contributed by atoms with Crippen molar-refractivity contribution in [2.45, 2.75) is 153 Å². The number of anilines is 8. The van der Waals surface area contributed by atoms with E-state index in [1.165, 1.54) is 169 Å². The number of benzene rings is 8. The smallest absolute Gasteiger partial charge is 0.252 e. The van der Waals surface area contributed by atoms with Crippen LogP contribution in [0, 0.1) is 6.92 Å². The fourth-order valence-electron chi connectivity index (χ4n) is 17.7. The number of aryl methyl sites for hydroxylation is 1. The molecule has 9 aromatic rings. The second-order valence-corrected chi connectivity index (χ2v) is 29.1. The SMILES string of the molecule is Cc1cc2c3cc1N1c4cc5c(cc4B4c6cc7c(cc6N(c6cccc8sc9ccccc9c68)c6cc(cc1c64)N1c4cc(ccc4C4(C)CCCCC14C)C3(C)CCC2(C)C)C(C)(C)CCC7(C)C)-c1ccccc1[B]5. The van der Waals surface area contributed by atoms with E-state index < -0.39 is 0 Å². The Hall–Kier alpha value is -6.49. The van der Waals surface area contributed by atoms with Crippen molar-refractivity contribution in [3.63, 3.8) is 0 Å². The van der Waals surface area contributed by atoms with Crippen LogP contribution in [0.3, 0.4) is 0 Å². The molecule has 6 bridgehead atoms. The Bertz CT molecular complexity index is 4230. The fourth-order valence-corrected chi connectivity index (χ4v) is 18.8. The minimum Gasteiger partial charge on any atom is -0.334 e. The van der Waals surface area contributed by atoms with Crippen molar-refractivity contribution in [1.82, 2.24) is 0 Å². The molecule has 8 aliphatic rings. The first-order chi connectivity index (χ1) is 37.4. The van der Waals surface area contributed by atoms with Crippen molar-refractivity contribution < 1.29 is 0 Å². The Balaban J connectivity index is 1.08. The van der Waals surface area contributed by atoms with Gasteiger partial charge in [0.05, 0.1) is 11.2 Å². The van der Waals surface area contributed by atoms with Crippen LogP contribution < -0.4 is 42.0 Å². The molecule has 0 amide bonds. The van der Waals surface area contributed by atoms with Gasteiger partial charge in [-0.25, -0.2) is 0 Å². The number of hydrogen-bond acceptors (Lipinski definition) is 4. The average Bonchev–Trinajstić information content (AvgIpc) is 4.24. The van der Waals surface area contributed by atoms with Crippen LogP contribution in [-0.4, -0.2) is 19.5 Å². The van der Waals surface area contributed by atoms with Gasteiger partial charge in [-0.3, -0.25) is 0 Å². The molecule has 5 aliphatic heterocycles. The first-order valence-corrected chi connectivity index (χ1v) is 30.3. The third kappa shape index (κ3) is 5.64. The van der Waals surface area contributed by atoms with Gasteiger partial charge in [0.15, 0.2) is 7.28 Å². The Kier molecular flexibility index (Phi) is 8.83. The largest absolute Gasteiger partial charge is 0.334 e. The molecule has 17 rings (SSSR count). The zero-order valence-electron chi connectivity index (χ0n) is 47.3. The van der Waals surface area contributed by atoms with Crippen molar-refractivity contribution in [1.29, 1.82) is 0 Å². The summed E-state index contributed by atoms with van der Waals surface area (Å²) in [5.74, 6) is 0. The molecule has 383 valence electrons. The van der Waals surface area contributed by atoms with Gasteiger partial charge in [0, 0.05) is 70.8 Å². The van der Waals surface area contributed by atoms with E-state index in [4.69, 9.17) is 0 Å². The van der Waals surface area contributed by atoms with E-state index in [-0.39, 0.29) is 39.3 Å². The topological polar surface area (TPSA) is 9.72 Å². The van der Waals surface area contributed by atoms with Crippen molar-refractivity contribution in [2.75, 3.05) is 14.7 Å². The van der Waals surface area contributed by atoms with E-state index in [1.807, 2.05) is 11.3 Å². The molecule has 6 heteroatoms. The van der Waals surface area contributed by atoms with Gasteiger partial charge in [-0.15, -0.1) is 11.3 Å². The Morgan fingerprint density at radius 2 is 1.13 bits per heavy atom. The molecule has 3 nitrogen and oxygen atoms in total. The predicted octanol–water partition coefficient (Wildman–Crippen LogP) is 15.9. The minimum atomic E-state index is -0.179. The highest BCUT2D eigenvalue weighted by Crippen LogP contribution is 2.64. The summed E-state index contributed by atoms with van der Waals surface area (Å²) in [5.41, 5.74) is 30.2. The van der Waals surface area contributed by atoms with Gasteiger partial charge in [0.25, 0.3) is 6.71 Å². The van der Waals surface area contributed by atoms with Gasteiger partial charge < -0.3 is 14.7 Å². The lowest BCUT2D eigenvalue weighted by atomic mass is 9.33. The van der Waals surface area contributed by atoms with Gasteiger partial charge in [-0.1, -0.05) is 158 Å². The lowest BCUT2D eigenvalue weighted by Crippen LogP contribution is -2.62. The van der Waals surface area contributed by atoms with Crippen molar-refractivity contribution in [3.8, 4) is 11.1 Å². The maximum Gasteiger partial charge on any atom is 0.252 e. The second-order valence-electron chi connectivity index (χ2n) is 28.0. The molecule has 3 aliphatic carbocycles. The Morgan fingerprint density at radius 1 is 0.474 bits per heavy atom. The normalized spacial score (nSPS) is 24.3. The van der Waals surface area contributed by atoms with Gasteiger partial charge in [0.2, 0.25) is 0 Å². The van der Waals surface area contributed by atoms with Crippen molar-refractivity contribution in [3.05, 3.63) is 172 Å². The van der Waals surface area contributed by atoms with Crippen LogP contribution in [-0.2, 0) is 27.1 Å². The molecular weight excluding hydrogens is 961 g/mol. The molecule has 3 atom stereocenters. The van der Waals surface area contributed by atoms with Crippen LogP contribution in [0.5, 0.6) is 0 Å². The average molecular weight is 1030 g/mol. The molecule has 8 aromatic carbocycles. The highest BCUT2D eigenvalue weighted by Gasteiger charge is 2.59. The molecule has 1 fully saturated rings. The third-order valence-electron chi connectivity index (χ3n) is 22.5. The van der Waals surface area contributed by atoms with E-state index in [1.54, 1.807) is 0 Å². The summed E-state index contributed by atoms with van der Waals surface area (Å²) >= 11 is 1.93. The Morgan fingerprint density at radius 3 is 1.94 bits per heavy atom. The molecule has 1 aromatic heterocycles. The highest BCUT2D eigenvalue weighted by molar-refractivity contribution is 7.26. The standard InChI is InChI=1S/C72H68B2N3S/c1-41-32-48-51-39-57(41)76-60-40-53-46(44-18-11-13-20-52(44)73-53)36-54(60)74-55-37-49-50(68(4,5)29-28-67(49,2)3)38-59(55)75(56-21-17-23-64-65(56)45-19-12-14-22-63(45)78-64)61-34-43(35-62(76)66(61)74)77-58-33-42(70(51,8)31-30-69(48,6)7)24-25-47(58)71(9)26-15-16-27-72(71,77)10/h11-14,17-25,32-40H,15-16,26-31H2,1-10H3. The number of fused-ring (bicyclic) bond motifs is 21. The molecule has 1 radical (unpaired) electrons. The fraction of sp³-hybridized carbons (Fsp3) is 0.333. The molecule has 0 saturated heterocycles. The minimum absolute atomic E-state index is 0.0133. The quantitative estimate of drug-likeness (QED) is 0.152. The van der Waals surface area contributed by atoms with Gasteiger partial charge in [-0.05, 0) is 190 Å². The van der Waals surface area contributed by atoms with E-state index >= 15 is 0 Å². The van der Waals surface area contributed by atoms with Crippen molar-refractivity contribution >= 4 is 118 Å². The van der Waals surface area contributed by atoms with Crippen LogP contribution in [0.1, 0.15) is 153 Å². The highest BCUT2D eigenvalue weighted by atomic mass is 32.1. The number of rotatable bonds is 1. The van der Waals surface area contributed by atoms with Crippen molar-refractivity contribution in [2.24, 2.45) is 0 Å². The molecule has 0 spiro atoms. The lowest BCUT2D eigenvalue weighted by molar-refractivity contribution is 0.195.